The number of carbonyl (C=O) groups excluding carboxylic acids is 2. The van der Waals surface area contributed by atoms with Crippen LogP contribution in [-0.4, -0.2) is 84.3 Å². The lowest BCUT2D eigenvalue weighted by molar-refractivity contribution is 0.00873. The van der Waals surface area contributed by atoms with Gasteiger partial charge in [0.05, 0.1) is 0 Å². The van der Waals surface area contributed by atoms with Gasteiger partial charge in [0.25, 0.3) is 0 Å². The SMILES string of the molecule is C[C@@H]1CN[C@@H](CN2CCN(C)C2=O)CN1C(=O)OC(C)(C)C. The highest BCUT2D eigenvalue weighted by molar-refractivity contribution is 5.76. The molecule has 0 aliphatic carbocycles. The van der Waals surface area contributed by atoms with Crippen molar-refractivity contribution in [3.63, 3.8) is 0 Å². The zero-order valence-electron chi connectivity index (χ0n) is 14.3. The zero-order chi connectivity index (χ0) is 16.5. The predicted octanol–water partition coefficient (Wildman–Crippen LogP) is 0.951. The van der Waals surface area contributed by atoms with E-state index in [0.717, 1.165) is 13.1 Å². The molecule has 2 saturated heterocycles. The van der Waals surface area contributed by atoms with Crippen molar-refractivity contribution in [2.45, 2.75) is 45.4 Å². The summed E-state index contributed by atoms with van der Waals surface area (Å²) in [6.45, 7) is 11.0. The maximum atomic E-state index is 12.3. The molecule has 0 aromatic rings. The minimum absolute atomic E-state index is 0.0595. The Hall–Kier alpha value is -1.50. The molecule has 126 valence electrons. The van der Waals surface area contributed by atoms with E-state index in [0.29, 0.717) is 19.6 Å². The van der Waals surface area contributed by atoms with Crippen LogP contribution < -0.4 is 5.32 Å². The molecule has 1 N–H and O–H groups in total. The monoisotopic (exact) mass is 312 g/mol. The number of ether oxygens (including phenoxy) is 1. The third-order valence-electron chi connectivity index (χ3n) is 4.02. The summed E-state index contributed by atoms with van der Waals surface area (Å²) in [5, 5.41) is 3.42. The maximum absolute atomic E-state index is 12.3. The van der Waals surface area contributed by atoms with Crippen LogP contribution in [0.2, 0.25) is 0 Å². The quantitative estimate of drug-likeness (QED) is 0.824. The fourth-order valence-corrected chi connectivity index (χ4v) is 2.77. The van der Waals surface area contributed by atoms with E-state index in [-0.39, 0.29) is 24.2 Å². The molecule has 2 atom stereocenters. The van der Waals surface area contributed by atoms with E-state index >= 15 is 0 Å². The number of nitrogens with zero attached hydrogens (tertiary/aromatic N) is 3. The molecule has 0 spiro atoms. The lowest BCUT2D eigenvalue weighted by Crippen LogP contribution is -2.60. The summed E-state index contributed by atoms with van der Waals surface area (Å²) in [7, 11) is 1.81. The minimum atomic E-state index is -0.495. The van der Waals surface area contributed by atoms with Gasteiger partial charge in [0, 0.05) is 51.9 Å². The van der Waals surface area contributed by atoms with Crippen LogP contribution in [0.1, 0.15) is 27.7 Å². The van der Waals surface area contributed by atoms with E-state index in [9.17, 15) is 9.59 Å². The Morgan fingerprint density at radius 3 is 2.59 bits per heavy atom. The maximum Gasteiger partial charge on any atom is 0.410 e. The third-order valence-corrected chi connectivity index (χ3v) is 4.02. The summed E-state index contributed by atoms with van der Waals surface area (Å²) in [5.74, 6) is 0. The molecule has 0 saturated carbocycles. The Labute approximate surface area is 132 Å². The van der Waals surface area contributed by atoms with Gasteiger partial charge in [0.15, 0.2) is 0 Å². The van der Waals surface area contributed by atoms with Crippen molar-refractivity contribution in [1.82, 2.24) is 20.0 Å². The molecule has 7 heteroatoms. The van der Waals surface area contributed by atoms with Gasteiger partial charge in [-0.25, -0.2) is 9.59 Å². The highest BCUT2D eigenvalue weighted by Gasteiger charge is 2.34. The highest BCUT2D eigenvalue weighted by atomic mass is 16.6. The minimum Gasteiger partial charge on any atom is -0.444 e. The number of hydrogen-bond acceptors (Lipinski definition) is 4. The molecule has 22 heavy (non-hydrogen) atoms. The molecule has 0 aromatic carbocycles. The highest BCUT2D eigenvalue weighted by Crippen LogP contribution is 2.16. The Morgan fingerprint density at radius 1 is 1.36 bits per heavy atom. The first-order valence-corrected chi connectivity index (χ1v) is 7.90. The van der Waals surface area contributed by atoms with Crippen molar-refractivity contribution in [2.75, 3.05) is 39.8 Å². The van der Waals surface area contributed by atoms with E-state index in [1.165, 1.54) is 0 Å². The van der Waals surface area contributed by atoms with E-state index in [4.69, 9.17) is 4.74 Å². The fourth-order valence-electron chi connectivity index (χ4n) is 2.77. The molecule has 0 unspecified atom stereocenters. The van der Waals surface area contributed by atoms with Gasteiger partial charge in [-0.1, -0.05) is 0 Å². The average molecular weight is 312 g/mol. The standard InChI is InChI=1S/C15H28N4O3/c1-11-8-16-12(9-18-7-6-17(5)13(18)20)10-19(11)14(21)22-15(2,3)4/h11-12,16H,6-10H2,1-5H3/t11-,12+/m1/s1. The van der Waals surface area contributed by atoms with E-state index in [1.54, 1.807) is 9.80 Å². The van der Waals surface area contributed by atoms with Crippen molar-refractivity contribution < 1.29 is 14.3 Å². The van der Waals surface area contributed by atoms with Gasteiger partial charge in [-0.05, 0) is 27.7 Å². The molecular weight excluding hydrogens is 284 g/mol. The number of amides is 3. The number of carbonyl (C=O) groups is 2. The predicted molar refractivity (Wildman–Crippen MR) is 83.8 cm³/mol. The lowest BCUT2D eigenvalue weighted by Gasteiger charge is -2.40. The number of likely N-dealkylation sites (N-methyl/N-ethyl adjacent to an activating group) is 1. The van der Waals surface area contributed by atoms with Crippen molar-refractivity contribution in [3.05, 3.63) is 0 Å². The lowest BCUT2D eigenvalue weighted by atomic mass is 10.1. The van der Waals surface area contributed by atoms with Gasteiger partial charge in [-0.2, -0.15) is 0 Å². The van der Waals surface area contributed by atoms with Crippen LogP contribution in [0.5, 0.6) is 0 Å². The second-order valence-electron chi connectivity index (χ2n) is 7.24. The number of piperazine rings is 1. The first kappa shape index (κ1) is 16.9. The smallest absolute Gasteiger partial charge is 0.410 e. The Bertz CT molecular complexity index is 435. The molecular formula is C15H28N4O3. The van der Waals surface area contributed by atoms with Crippen LogP contribution in [-0.2, 0) is 4.74 Å². The Kier molecular flexibility index (Phi) is 4.84. The van der Waals surface area contributed by atoms with Crippen molar-refractivity contribution in [1.29, 1.82) is 0 Å². The molecule has 7 nitrogen and oxygen atoms in total. The van der Waals surface area contributed by atoms with E-state index < -0.39 is 5.60 Å². The van der Waals surface area contributed by atoms with Gasteiger partial charge in [-0.3, -0.25) is 0 Å². The zero-order valence-corrected chi connectivity index (χ0v) is 14.3. The van der Waals surface area contributed by atoms with Crippen molar-refractivity contribution in [3.8, 4) is 0 Å². The van der Waals surface area contributed by atoms with E-state index in [2.05, 4.69) is 5.32 Å². The van der Waals surface area contributed by atoms with Crippen LogP contribution in [0.3, 0.4) is 0 Å². The number of nitrogens with one attached hydrogen (secondary N) is 1. The van der Waals surface area contributed by atoms with Gasteiger partial charge in [0.1, 0.15) is 5.60 Å². The Balaban J connectivity index is 1.93. The second kappa shape index (κ2) is 6.32. The van der Waals surface area contributed by atoms with Gasteiger partial charge < -0.3 is 24.8 Å². The molecule has 0 aromatic heterocycles. The van der Waals surface area contributed by atoms with Crippen LogP contribution in [0.15, 0.2) is 0 Å². The normalized spacial score (nSPS) is 26.6. The molecule has 0 radical (unpaired) electrons. The summed E-state index contributed by atoms with van der Waals surface area (Å²) >= 11 is 0. The summed E-state index contributed by atoms with van der Waals surface area (Å²) in [6.07, 6.45) is -0.281. The fraction of sp³-hybridized carbons (Fsp3) is 0.867. The van der Waals surface area contributed by atoms with Gasteiger partial charge in [0.2, 0.25) is 0 Å². The second-order valence-corrected chi connectivity index (χ2v) is 7.24. The summed E-state index contributed by atoms with van der Waals surface area (Å²) in [5.41, 5.74) is -0.495. The van der Waals surface area contributed by atoms with Crippen LogP contribution >= 0.6 is 0 Å². The molecule has 2 fully saturated rings. The average Bonchev–Trinajstić information content (AvgIpc) is 2.71. The summed E-state index contributed by atoms with van der Waals surface area (Å²) < 4.78 is 5.47. The molecule has 2 aliphatic rings. The number of rotatable bonds is 2. The number of hydrogen-bond donors (Lipinski definition) is 1. The number of urea groups is 1. The van der Waals surface area contributed by atoms with Gasteiger partial charge in [-0.15, -0.1) is 0 Å². The molecule has 3 amide bonds. The molecule has 2 heterocycles. The topological polar surface area (TPSA) is 65.1 Å². The summed E-state index contributed by atoms with van der Waals surface area (Å²) in [6, 6.07) is 0.228. The molecule has 0 bridgehead atoms. The van der Waals surface area contributed by atoms with E-state index in [1.807, 2.05) is 39.6 Å². The van der Waals surface area contributed by atoms with Crippen molar-refractivity contribution in [2.24, 2.45) is 0 Å². The largest absolute Gasteiger partial charge is 0.444 e. The van der Waals surface area contributed by atoms with Gasteiger partial charge >= 0.3 is 12.1 Å². The molecule has 2 rings (SSSR count). The first-order valence-electron chi connectivity index (χ1n) is 7.90. The first-order chi connectivity index (χ1) is 10.2. The van der Waals surface area contributed by atoms with Crippen LogP contribution in [0.4, 0.5) is 9.59 Å². The molecule has 2 aliphatic heterocycles. The van der Waals surface area contributed by atoms with Crippen molar-refractivity contribution >= 4 is 12.1 Å². The Morgan fingerprint density at radius 2 is 2.05 bits per heavy atom. The van der Waals surface area contributed by atoms with Crippen LogP contribution in [0.25, 0.3) is 0 Å². The van der Waals surface area contributed by atoms with Crippen LogP contribution in [0, 0.1) is 0 Å². The summed E-state index contributed by atoms with van der Waals surface area (Å²) in [4.78, 5) is 29.6. The third kappa shape index (κ3) is 4.03.